The van der Waals surface area contributed by atoms with E-state index in [2.05, 4.69) is 4.99 Å². The Morgan fingerprint density at radius 3 is 2.48 bits per heavy atom. The Morgan fingerprint density at radius 1 is 1.06 bits per heavy atom. The Hall–Kier alpha value is -3.19. The molecule has 160 valence electrons. The van der Waals surface area contributed by atoms with Gasteiger partial charge in [0.1, 0.15) is 5.00 Å². The van der Waals surface area contributed by atoms with Crippen LogP contribution in [0.25, 0.3) is 5.00 Å². The van der Waals surface area contributed by atoms with Crippen molar-refractivity contribution in [2.75, 3.05) is 0 Å². The van der Waals surface area contributed by atoms with Crippen molar-refractivity contribution in [2.24, 2.45) is 4.99 Å². The van der Waals surface area contributed by atoms with Gasteiger partial charge in [-0.25, -0.2) is 9.59 Å². The van der Waals surface area contributed by atoms with Crippen LogP contribution in [-0.2, 0) is 12.8 Å². The van der Waals surface area contributed by atoms with Crippen molar-refractivity contribution in [1.29, 1.82) is 0 Å². The molecule has 0 aliphatic heterocycles. The molecule has 7 heteroatoms. The molecule has 2 heterocycles. The number of rotatable bonds is 5. The largest absolute Gasteiger partial charge is 0.478 e. The first-order valence-electron chi connectivity index (χ1n) is 10.2. The zero-order valence-electron chi connectivity index (χ0n) is 17.7. The molecule has 0 unspecified atom stereocenters. The van der Waals surface area contributed by atoms with E-state index in [1.54, 1.807) is 35.8 Å². The van der Waals surface area contributed by atoms with E-state index in [0.29, 0.717) is 11.3 Å². The average Bonchev–Trinajstić information content (AvgIpc) is 3.23. The van der Waals surface area contributed by atoms with Crippen LogP contribution in [0.1, 0.15) is 66.5 Å². The minimum atomic E-state index is -0.963. The third-order valence-electron chi connectivity index (χ3n) is 5.83. The van der Waals surface area contributed by atoms with Crippen LogP contribution in [0.5, 0.6) is 0 Å². The van der Waals surface area contributed by atoms with Crippen LogP contribution < -0.4 is 0 Å². The maximum absolute atomic E-state index is 12.1. The molecule has 1 aliphatic rings. The second kappa shape index (κ2) is 8.15. The standard InChI is InChI=1S/C24H24N2O4S/c1-13-10-16(23(27)28)8-9-19(13)25-12-17-11-14(2)26(15(17)3)22-21(24(29)30)18-6-4-5-7-20(18)31-22/h8-12H,4-7H2,1-3H3,(H,27,28)(H,29,30). The number of aromatic carboxylic acids is 2. The van der Waals surface area contributed by atoms with Gasteiger partial charge in [-0.1, -0.05) is 0 Å². The predicted octanol–water partition coefficient (Wildman–Crippen LogP) is 5.49. The Morgan fingerprint density at radius 2 is 1.81 bits per heavy atom. The smallest absolute Gasteiger partial charge is 0.339 e. The molecule has 0 fully saturated rings. The summed E-state index contributed by atoms with van der Waals surface area (Å²) in [5.41, 5.74) is 5.94. The Labute approximate surface area is 184 Å². The van der Waals surface area contributed by atoms with Crippen LogP contribution in [0, 0.1) is 20.8 Å². The van der Waals surface area contributed by atoms with E-state index in [0.717, 1.165) is 58.8 Å². The average molecular weight is 437 g/mol. The molecule has 2 N–H and O–H groups in total. The summed E-state index contributed by atoms with van der Waals surface area (Å²) in [6.07, 6.45) is 5.67. The van der Waals surface area contributed by atoms with Crippen LogP contribution in [0.2, 0.25) is 0 Å². The van der Waals surface area contributed by atoms with E-state index < -0.39 is 11.9 Å². The molecule has 0 amide bonds. The molecular formula is C24H24N2O4S. The molecule has 0 spiro atoms. The van der Waals surface area contributed by atoms with Crippen molar-refractivity contribution < 1.29 is 19.8 Å². The molecule has 0 atom stereocenters. The van der Waals surface area contributed by atoms with Gasteiger partial charge < -0.3 is 14.8 Å². The SMILES string of the molecule is Cc1cc(C(=O)O)ccc1N=Cc1cc(C)n(-c2sc3c(c2C(=O)O)CCCC3)c1C. The molecule has 1 aliphatic carbocycles. The third kappa shape index (κ3) is 3.81. The number of aryl methyl sites for hydroxylation is 3. The second-order valence-electron chi connectivity index (χ2n) is 7.92. The monoisotopic (exact) mass is 436 g/mol. The van der Waals surface area contributed by atoms with Crippen LogP contribution >= 0.6 is 11.3 Å². The lowest BCUT2D eigenvalue weighted by Crippen LogP contribution is -2.09. The van der Waals surface area contributed by atoms with Gasteiger partial charge in [0, 0.05) is 28.0 Å². The number of thiophene rings is 1. The number of aromatic nitrogens is 1. The van der Waals surface area contributed by atoms with E-state index >= 15 is 0 Å². The van der Waals surface area contributed by atoms with Crippen molar-refractivity contribution in [2.45, 2.75) is 46.5 Å². The molecule has 31 heavy (non-hydrogen) atoms. The van der Waals surface area contributed by atoms with E-state index in [9.17, 15) is 14.7 Å². The first-order chi connectivity index (χ1) is 14.8. The fourth-order valence-corrected chi connectivity index (χ4v) is 5.72. The molecule has 0 radical (unpaired) electrons. The summed E-state index contributed by atoms with van der Waals surface area (Å²) in [7, 11) is 0. The van der Waals surface area contributed by atoms with Gasteiger partial charge in [0.2, 0.25) is 0 Å². The number of nitrogens with zero attached hydrogens (tertiary/aromatic N) is 2. The van der Waals surface area contributed by atoms with Gasteiger partial charge in [-0.15, -0.1) is 11.3 Å². The van der Waals surface area contributed by atoms with Crippen LogP contribution in [0.3, 0.4) is 0 Å². The lowest BCUT2D eigenvalue weighted by molar-refractivity contribution is 0.0685. The second-order valence-corrected chi connectivity index (χ2v) is 9.01. The van der Waals surface area contributed by atoms with E-state index in [1.807, 2.05) is 31.4 Å². The predicted molar refractivity (Wildman–Crippen MR) is 122 cm³/mol. The van der Waals surface area contributed by atoms with Gasteiger partial charge in [-0.2, -0.15) is 0 Å². The Bertz CT molecular complexity index is 1230. The number of hydrogen-bond donors (Lipinski definition) is 2. The normalized spacial score (nSPS) is 13.5. The number of benzene rings is 1. The molecule has 2 aromatic heterocycles. The summed E-state index contributed by atoms with van der Waals surface area (Å²) in [6.45, 7) is 5.78. The highest BCUT2D eigenvalue weighted by Gasteiger charge is 2.27. The maximum Gasteiger partial charge on any atom is 0.339 e. The van der Waals surface area contributed by atoms with Crippen molar-refractivity contribution in [3.05, 3.63) is 68.3 Å². The lowest BCUT2D eigenvalue weighted by atomic mass is 9.95. The number of carboxylic acids is 2. The van der Waals surface area contributed by atoms with Crippen molar-refractivity contribution in [3.63, 3.8) is 0 Å². The zero-order chi connectivity index (χ0) is 22.3. The fraction of sp³-hybridized carbons (Fsp3) is 0.292. The Kier molecular flexibility index (Phi) is 5.54. The number of fused-ring (bicyclic) bond motifs is 1. The highest BCUT2D eigenvalue weighted by atomic mass is 32.1. The lowest BCUT2D eigenvalue weighted by Gasteiger charge is -2.11. The van der Waals surface area contributed by atoms with Gasteiger partial charge in [0.25, 0.3) is 0 Å². The van der Waals surface area contributed by atoms with Crippen molar-refractivity contribution in [1.82, 2.24) is 4.57 Å². The molecule has 1 aromatic carbocycles. The Balaban J connectivity index is 1.74. The van der Waals surface area contributed by atoms with Crippen molar-refractivity contribution >= 4 is 35.2 Å². The van der Waals surface area contributed by atoms with Gasteiger partial charge in [0.15, 0.2) is 0 Å². The molecule has 4 rings (SSSR count). The maximum atomic E-state index is 12.1. The first-order valence-corrected chi connectivity index (χ1v) is 11.0. The van der Waals surface area contributed by atoms with E-state index in [1.165, 1.54) is 4.88 Å². The molecule has 3 aromatic rings. The summed E-state index contributed by atoms with van der Waals surface area (Å²) in [5.74, 6) is -1.83. The number of carbonyl (C=O) groups is 2. The molecule has 0 saturated heterocycles. The summed E-state index contributed by atoms with van der Waals surface area (Å²) < 4.78 is 2.02. The topological polar surface area (TPSA) is 91.9 Å². The van der Waals surface area contributed by atoms with Gasteiger partial charge in [-0.05, 0) is 81.8 Å². The minimum Gasteiger partial charge on any atom is -0.478 e. The molecular weight excluding hydrogens is 412 g/mol. The van der Waals surface area contributed by atoms with Gasteiger partial charge in [0.05, 0.1) is 16.8 Å². The van der Waals surface area contributed by atoms with Crippen LogP contribution in [-0.4, -0.2) is 32.9 Å². The molecule has 6 nitrogen and oxygen atoms in total. The quantitative estimate of drug-likeness (QED) is 0.517. The summed E-state index contributed by atoms with van der Waals surface area (Å²) in [5, 5.41) is 19.8. The zero-order valence-corrected chi connectivity index (χ0v) is 18.5. The number of hydrogen-bond acceptors (Lipinski definition) is 4. The summed E-state index contributed by atoms with van der Waals surface area (Å²) in [6, 6.07) is 6.85. The minimum absolute atomic E-state index is 0.234. The highest BCUT2D eigenvalue weighted by Crippen LogP contribution is 2.38. The summed E-state index contributed by atoms with van der Waals surface area (Å²) >= 11 is 1.59. The highest BCUT2D eigenvalue weighted by molar-refractivity contribution is 7.15. The van der Waals surface area contributed by atoms with Crippen molar-refractivity contribution in [3.8, 4) is 5.00 Å². The van der Waals surface area contributed by atoms with Crippen LogP contribution in [0.15, 0.2) is 29.3 Å². The summed E-state index contributed by atoms with van der Waals surface area (Å²) in [4.78, 5) is 29.0. The first kappa shape index (κ1) is 21.1. The van der Waals surface area contributed by atoms with Gasteiger partial charge >= 0.3 is 11.9 Å². The third-order valence-corrected chi connectivity index (χ3v) is 7.10. The van der Waals surface area contributed by atoms with Gasteiger partial charge in [-0.3, -0.25) is 4.99 Å². The van der Waals surface area contributed by atoms with E-state index in [4.69, 9.17) is 5.11 Å². The molecule has 0 saturated carbocycles. The van der Waals surface area contributed by atoms with Crippen LogP contribution in [0.4, 0.5) is 5.69 Å². The van der Waals surface area contributed by atoms with E-state index in [-0.39, 0.29) is 5.56 Å². The number of aliphatic imine (C=N–C) groups is 1. The fourth-order valence-electron chi connectivity index (χ4n) is 4.23. The molecule has 0 bridgehead atoms. The number of carboxylic acid groups (broad SMARTS) is 2.